The normalized spacial score (nSPS) is 10.7. The van der Waals surface area contributed by atoms with E-state index < -0.39 is 0 Å². The molecule has 0 aliphatic rings. The summed E-state index contributed by atoms with van der Waals surface area (Å²) in [6.07, 6.45) is 0. The van der Waals surface area contributed by atoms with Gasteiger partial charge in [-0.05, 0) is 18.3 Å². The van der Waals surface area contributed by atoms with E-state index in [1.54, 1.807) is 0 Å². The van der Waals surface area contributed by atoms with E-state index in [9.17, 15) is 0 Å². The van der Waals surface area contributed by atoms with Gasteiger partial charge in [-0.2, -0.15) is 5.10 Å². The quantitative estimate of drug-likeness (QED) is 0.726. The van der Waals surface area contributed by atoms with Gasteiger partial charge in [0.25, 0.3) is 0 Å². The van der Waals surface area contributed by atoms with Crippen LogP contribution < -0.4 is 15.8 Å². The average Bonchev–Trinajstić information content (AvgIpc) is 2.48. The van der Waals surface area contributed by atoms with Crippen LogP contribution in [0.15, 0.2) is 12.1 Å². The fourth-order valence-electron chi connectivity index (χ4n) is 1.44. The smallest absolute Gasteiger partial charge is 0.153 e. The molecule has 0 saturated carbocycles. The number of H-pyrrole nitrogens is 1. The summed E-state index contributed by atoms with van der Waals surface area (Å²) < 4.78 is 5.40. The maximum atomic E-state index is 5.70. The number of fused-ring (bicyclic) bond motifs is 1. The van der Waals surface area contributed by atoms with E-state index in [4.69, 9.17) is 10.5 Å². The highest BCUT2D eigenvalue weighted by Gasteiger charge is 2.07. The van der Waals surface area contributed by atoms with Gasteiger partial charge in [-0.1, -0.05) is 0 Å². The van der Waals surface area contributed by atoms with Gasteiger partial charge in [-0.15, -0.1) is 9.24 Å². The van der Waals surface area contributed by atoms with E-state index in [1.807, 2.05) is 19.1 Å². The molecular weight excluding hydrogens is 197 g/mol. The number of benzene rings is 1. The lowest BCUT2D eigenvalue weighted by Gasteiger charge is -2.04. The summed E-state index contributed by atoms with van der Waals surface area (Å²) in [7, 11) is 2.63. The van der Waals surface area contributed by atoms with Gasteiger partial charge in [0.2, 0.25) is 0 Å². The summed E-state index contributed by atoms with van der Waals surface area (Å²) in [5, 5.41) is 8.74. The van der Waals surface area contributed by atoms with Crippen molar-refractivity contribution in [1.82, 2.24) is 10.2 Å². The van der Waals surface area contributed by atoms with Crippen molar-refractivity contribution in [3.63, 3.8) is 0 Å². The topological polar surface area (TPSA) is 63.9 Å². The molecule has 0 spiro atoms. The van der Waals surface area contributed by atoms with Crippen LogP contribution in [0, 0.1) is 0 Å². The highest BCUT2D eigenvalue weighted by Crippen LogP contribution is 2.22. The molecule has 0 amide bonds. The van der Waals surface area contributed by atoms with E-state index in [-0.39, 0.29) is 0 Å². The molecule has 74 valence electrons. The first-order valence-corrected chi connectivity index (χ1v) is 4.96. The summed E-state index contributed by atoms with van der Waals surface area (Å²) in [5.74, 6) is 1.35. The van der Waals surface area contributed by atoms with E-state index in [0.717, 1.165) is 22.0 Å². The van der Waals surface area contributed by atoms with Crippen LogP contribution in [-0.4, -0.2) is 16.8 Å². The van der Waals surface area contributed by atoms with Gasteiger partial charge in [0, 0.05) is 6.07 Å². The lowest BCUT2D eigenvalue weighted by Crippen LogP contribution is -1.99. The van der Waals surface area contributed by atoms with Crippen LogP contribution in [-0.2, 0) is 0 Å². The Labute approximate surface area is 84.0 Å². The number of aromatic amines is 1. The molecule has 0 radical (unpaired) electrons. The number of hydrogen-bond acceptors (Lipinski definition) is 3. The SMILES string of the molecule is CCOc1cc(P)c2c(N)n[nH]c2c1. The Morgan fingerprint density at radius 2 is 2.36 bits per heavy atom. The molecule has 1 atom stereocenters. The Balaban J connectivity index is 2.62. The van der Waals surface area contributed by atoms with Crippen LogP contribution in [0.4, 0.5) is 5.82 Å². The lowest BCUT2D eigenvalue weighted by atomic mass is 10.2. The molecule has 0 fully saturated rings. The van der Waals surface area contributed by atoms with Crippen LogP contribution in [0.2, 0.25) is 0 Å². The van der Waals surface area contributed by atoms with Gasteiger partial charge >= 0.3 is 0 Å². The molecule has 2 rings (SSSR count). The Kier molecular flexibility index (Phi) is 2.30. The zero-order valence-electron chi connectivity index (χ0n) is 7.87. The highest BCUT2D eigenvalue weighted by molar-refractivity contribution is 7.28. The van der Waals surface area contributed by atoms with Crippen molar-refractivity contribution in [3.8, 4) is 5.75 Å². The maximum absolute atomic E-state index is 5.70. The van der Waals surface area contributed by atoms with Crippen molar-refractivity contribution in [2.75, 3.05) is 12.3 Å². The maximum Gasteiger partial charge on any atom is 0.153 e. The van der Waals surface area contributed by atoms with Crippen LogP contribution in [0.3, 0.4) is 0 Å². The zero-order chi connectivity index (χ0) is 10.1. The molecule has 4 nitrogen and oxygen atoms in total. The summed E-state index contributed by atoms with van der Waals surface area (Å²) in [6, 6.07) is 3.83. The molecule has 0 aliphatic heterocycles. The standard InChI is InChI=1S/C9H12N3OP/c1-2-13-5-3-6-8(7(14)4-5)9(10)12-11-6/h3-4H,2,14H2,1H3,(H3,10,11,12). The number of aromatic nitrogens is 2. The van der Waals surface area contributed by atoms with E-state index in [1.165, 1.54) is 0 Å². The molecule has 3 N–H and O–H groups in total. The molecule has 5 heteroatoms. The summed E-state index contributed by atoms with van der Waals surface area (Å²) in [4.78, 5) is 0. The first-order chi connectivity index (χ1) is 6.72. The van der Waals surface area contributed by atoms with E-state index >= 15 is 0 Å². The molecule has 0 aliphatic carbocycles. The fourth-order valence-corrected chi connectivity index (χ4v) is 1.91. The molecule has 2 aromatic rings. The average molecular weight is 209 g/mol. The number of nitrogens with zero attached hydrogens (tertiary/aromatic N) is 1. The number of anilines is 1. The summed E-state index contributed by atoms with van der Waals surface area (Å²) in [6.45, 7) is 2.60. The van der Waals surface area contributed by atoms with Gasteiger partial charge in [0.05, 0.1) is 17.5 Å². The summed E-state index contributed by atoms with van der Waals surface area (Å²) >= 11 is 0. The first-order valence-electron chi connectivity index (χ1n) is 4.38. The fraction of sp³-hybridized carbons (Fsp3) is 0.222. The molecule has 14 heavy (non-hydrogen) atoms. The van der Waals surface area contributed by atoms with E-state index in [2.05, 4.69) is 19.4 Å². The van der Waals surface area contributed by atoms with Gasteiger partial charge in [0.15, 0.2) is 5.82 Å². The molecule has 1 heterocycles. The summed E-state index contributed by atoms with van der Waals surface area (Å²) in [5.41, 5.74) is 6.61. The molecule has 0 bridgehead atoms. The predicted molar refractivity (Wildman–Crippen MR) is 61.0 cm³/mol. The number of nitrogen functional groups attached to an aromatic ring is 1. The predicted octanol–water partition coefficient (Wildman–Crippen LogP) is 1.04. The molecule has 1 unspecified atom stereocenters. The number of hydrogen-bond donors (Lipinski definition) is 2. The Hall–Kier alpha value is -1.28. The molecule has 0 saturated heterocycles. The molecule has 1 aromatic carbocycles. The largest absolute Gasteiger partial charge is 0.494 e. The molecular formula is C9H12N3OP. The van der Waals surface area contributed by atoms with Gasteiger partial charge in [-0.25, -0.2) is 0 Å². The van der Waals surface area contributed by atoms with Crippen LogP contribution in [0.1, 0.15) is 6.92 Å². The Morgan fingerprint density at radius 1 is 1.57 bits per heavy atom. The van der Waals surface area contributed by atoms with Crippen molar-refractivity contribution in [2.24, 2.45) is 0 Å². The second kappa shape index (κ2) is 3.46. The van der Waals surface area contributed by atoms with Crippen molar-refractivity contribution in [2.45, 2.75) is 6.92 Å². The first kappa shape index (κ1) is 9.28. The van der Waals surface area contributed by atoms with Gasteiger partial charge < -0.3 is 10.5 Å². The number of nitrogens with one attached hydrogen (secondary N) is 1. The van der Waals surface area contributed by atoms with Crippen LogP contribution >= 0.6 is 9.24 Å². The van der Waals surface area contributed by atoms with Crippen molar-refractivity contribution >= 4 is 31.3 Å². The van der Waals surface area contributed by atoms with Gasteiger partial charge in [0.1, 0.15) is 5.75 Å². The minimum Gasteiger partial charge on any atom is -0.494 e. The third-order valence-corrected chi connectivity index (χ3v) is 2.46. The van der Waals surface area contributed by atoms with Crippen LogP contribution in [0.25, 0.3) is 10.9 Å². The Bertz CT molecular complexity index is 466. The van der Waals surface area contributed by atoms with Crippen molar-refractivity contribution < 1.29 is 4.74 Å². The minimum absolute atomic E-state index is 0.521. The van der Waals surface area contributed by atoms with E-state index in [0.29, 0.717) is 12.4 Å². The Morgan fingerprint density at radius 3 is 3.07 bits per heavy atom. The van der Waals surface area contributed by atoms with Crippen molar-refractivity contribution in [3.05, 3.63) is 12.1 Å². The second-order valence-electron chi connectivity index (χ2n) is 2.98. The molecule has 1 aromatic heterocycles. The number of ether oxygens (including phenoxy) is 1. The third kappa shape index (κ3) is 1.42. The highest BCUT2D eigenvalue weighted by atomic mass is 31.0. The minimum atomic E-state index is 0.521. The number of rotatable bonds is 2. The monoisotopic (exact) mass is 209 g/mol. The zero-order valence-corrected chi connectivity index (χ0v) is 9.03. The third-order valence-electron chi connectivity index (χ3n) is 2.01. The van der Waals surface area contributed by atoms with Crippen molar-refractivity contribution in [1.29, 1.82) is 0 Å². The number of nitrogens with two attached hydrogens (primary N) is 1. The van der Waals surface area contributed by atoms with Crippen LogP contribution in [0.5, 0.6) is 5.75 Å². The van der Waals surface area contributed by atoms with Gasteiger partial charge in [-0.3, -0.25) is 5.10 Å². The lowest BCUT2D eigenvalue weighted by molar-refractivity contribution is 0.341. The second-order valence-corrected chi connectivity index (χ2v) is 3.60.